The molecule has 88 valence electrons. The van der Waals surface area contributed by atoms with Gasteiger partial charge in [0.1, 0.15) is 0 Å². The van der Waals surface area contributed by atoms with Crippen LogP contribution < -0.4 is 5.32 Å². The van der Waals surface area contributed by atoms with Crippen LogP contribution in [0.4, 0.5) is 0 Å². The minimum absolute atomic E-state index is 0.240. The first-order chi connectivity index (χ1) is 7.77. The van der Waals surface area contributed by atoms with E-state index < -0.39 is 6.10 Å². The molecule has 0 bridgehead atoms. The van der Waals surface area contributed by atoms with Crippen molar-refractivity contribution in [1.29, 1.82) is 0 Å². The maximum atomic E-state index is 9.94. The zero-order chi connectivity index (χ0) is 11.4. The van der Waals surface area contributed by atoms with Gasteiger partial charge in [-0.25, -0.2) is 0 Å². The van der Waals surface area contributed by atoms with Crippen molar-refractivity contribution in [3.63, 3.8) is 0 Å². The summed E-state index contributed by atoms with van der Waals surface area (Å²) in [5.74, 6) is 0. The van der Waals surface area contributed by atoms with E-state index in [1.807, 2.05) is 12.1 Å². The molecule has 3 unspecified atom stereocenters. The van der Waals surface area contributed by atoms with Gasteiger partial charge in [0.05, 0.1) is 12.2 Å². The van der Waals surface area contributed by atoms with Crippen molar-refractivity contribution in [2.45, 2.75) is 31.6 Å². The molecule has 1 aliphatic rings. The maximum absolute atomic E-state index is 9.94. The van der Waals surface area contributed by atoms with Gasteiger partial charge in [0.15, 0.2) is 0 Å². The largest absolute Gasteiger partial charge is 0.387 e. The van der Waals surface area contributed by atoms with E-state index in [-0.39, 0.29) is 6.10 Å². The zero-order valence-corrected chi connectivity index (χ0v) is 9.47. The molecule has 0 amide bonds. The molecule has 0 radical (unpaired) electrons. The molecule has 0 aromatic carbocycles. The van der Waals surface area contributed by atoms with Gasteiger partial charge in [-0.05, 0) is 31.0 Å². The van der Waals surface area contributed by atoms with Crippen LogP contribution in [-0.4, -0.2) is 35.4 Å². The smallest absolute Gasteiger partial charge is 0.0915 e. The van der Waals surface area contributed by atoms with Gasteiger partial charge in [-0.1, -0.05) is 0 Å². The van der Waals surface area contributed by atoms with Crippen molar-refractivity contribution < 1.29 is 9.84 Å². The lowest BCUT2D eigenvalue weighted by Crippen LogP contribution is -2.37. The summed E-state index contributed by atoms with van der Waals surface area (Å²) < 4.78 is 5.45. The fourth-order valence-electron chi connectivity index (χ4n) is 1.97. The molecular weight excluding hydrogens is 204 g/mol. The van der Waals surface area contributed by atoms with E-state index in [1.165, 1.54) is 0 Å². The molecule has 2 heterocycles. The molecule has 1 fully saturated rings. The fourth-order valence-corrected chi connectivity index (χ4v) is 1.97. The van der Waals surface area contributed by atoms with Crippen molar-refractivity contribution in [2.24, 2.45) is 0 Å². The zero-order valence-electron chi connectivity index (χ0n) is 9.47. The van der Waals surface area contributed by atoms with E-state index in [4.69, 9.17) is 4.74 Å². The Bertz CT molecular complexity index is 318. The molecule has 3 atom stereocenters. The molecule has 0 spiro atoms. The summed E-state index contributed by atoms with van der Waals surface area (Å²) in [6, 6.07) is 4.03. The summed E-state index contributed by atoms with van der Waals surface area (Å²) in [4.78, 5) is 3.93. The van der Waals surface area contributed by atoms with Crippen LogP contribution >= 0.6 is 0 Å². The van der Waals surface area contributed by atoms with E-state index in [9.17, 15) is 5.11 Å². The molecule has 2 N–H and O–H groups in total. The minimum atomic E-state index is -0.476. The highest BCUT2D eigenvalue weighted by Gasteiger charge is 2.24. The van der Waals surface area contributed by atoms with Crippen molar-refractivity contribution in [3.05, 3.63) is 30.1 Å². The number of hydrogen-bond donors (Lipinski definition) is 2. The first-order valence-corrected chi connectivity index (χ1v) is 5.70. The van der Waals surface area contributed by atoms with Crippen LogP contribution in [0.5, 0.6) is 0 Å². The second-order valence-corrected chi connectivity index (χ2v) is 4.18. The number of pyridine rings is 1. The molecule has 1 saturated heterocycles. The number of aromatic nitrogens is 1. The Hall–Kier alpha value is -0.970. The van der Waals surface area contributed by atoms with Gasteiger partial charge in [-0.2, -0.15) is 0 Å². The van der Waals surface area contributed by atoms with Crippen molar-refractivity contribution in [2.75, 3.05) is 13.2 Å². The lowest BCUT2D eigenvalue weighted by molar-refractivity contribution is 0.107. The third kappa shape index (κ3) is 2.78. The van der Waals surface area contributed by atoms with E-state index >= 15 is 0 Å². The molecular formula is C12H18N2O2. The fraction of sp³-hybridized carbons (Fsp3) is 0.583. The summed E-state index contributed by atoms with van der Waals surface area (Å²) in [7, 11) is 0. The van der Waals surface area contributed by atoms with Crippen molar-refractivity contribution in [3.8, 4) is 0 Å². The summed E-state index contributed by atoms with van der Waals surface area (Å²) in [5, 5.41) is 13.3. The number of nitrogens with one attached hydrogen (secondary N) is 1. The van der Waals surface area contributed by atoms with Crippen LogP contribution in [0.1, 0.15) is 25.0 Å². The van der Waals surface area contributed by atoms with E-state index in [1.54, 1.807) is 12.4 Å². The Morgan fingerprint density at radius 1 is 1.56 bits per heavy atom. The van der Waals surface area contributed by atoms with E-state index in [0.29, 0.717) is 12.6 Å². The first kappa shape index (κ1) is 11.5. The second kappa shape index (κ2) is 5.39. The highest BCUT2D eigenvalue weighted by atomic mass is 16.5. The van der Waals surface area contributed by atoms with Crippen molar-refractivity contribution >= 4 is 0 Å². The Morgan fingerprint density at radius 3 is 2.94 bits per heavy atom. The lowest BCUT2D eigenvalue weighted by atomic mass is 10.1. The molecule has 0 aliphatic carbocycles. The number of aliphatic hydroxyl groups is 1. The monoisotopic (exact) mass is 222 g/mol. The first-order valence-electron chi connectivity index (χ1n) is 5.70. The Kier molecular flexibility index (Phi) is 3.88. The molecule has 4 nitrogen and oxygen atoms in total. The predicted octanol–water partition coefficient (Wildman–Crippen LogP) is 0.882. The van der Waals surface area contributed by atoms with Crippen LogP contribution in [0.2, 0.25) is 0 Å². The summed E-state index contributed by atoms with van der Waals surface area (Å²) in [5.41, 5.74) is 0.897. The van der Waals surface area contributed by atoms with Crippen molar-refractivity contribution in [1.82, 2.24) is 10.3 Å². The van der Waals surface area contributed by atoms with Crippen LogP contribution in [-0.2, 0) is 4.74 Å². The minimum Gasteiger partial charge on any atom is -0.387 e. The second-order valence-electron chi connectivity index (χ2n) is 4.18. The highest BCUT2D eigenvalue weighted by molar-refractivity contribution is 5.13. The van der Waals surface area contributed by atoms with E-state index in [2.05, 4.69) is 17.2 Å². The summed E-state index contributed by atoms with van der Waals surface area (Å²) in [6.07, 6.45) is 4.17. The van der Waals surface area contributed by atoms with Gasteiger partial charge in [0.2, 0.25) is 0 Å². The number of nitrogens with zero attached hydrogens (tertiary/aromatic N) is 1. The lowest BCUT2D eigenvalue weighted by Gasteiger charge is -2.18. The van der Waals surface area contributed by atoms with Gasteiger partial charge < -0.3 is 15.2 Å². The number of aliphatic hydroxyl groups excluding tert-OH is 1. The quantitative estimate of drug-likeness (QED) is 0.794. The predicted molar refractivity (Wildman–Crippen MR) is 61.0 cm³/mol. The molecule has 16 heavy (non-hydrogen) atoms. The van der Waals surface area contributed by atoms with Gasteiger partial charge in [-0.15, -0.1) is 0 Å². The number of hydrogen-bond acceptors (Lipinski definition) is 4. The molecule has 4 heteroatoms. The van der Waals surface area contributed by atoms with Crippen LogP contribution in [0, 0.1) is 0 Å². The van der Waals surface area contributed by atoms with Crippen LogP contribution in [0.25, 0.3) is 0 Å². The van der Waals surface area contributed by atoms with Gasteiger partial charge in [0.25, 0.3) is 0 Å². The molecule has 1 aromatic heterocycles. The van der Waals surface area contributed by atoms with E-state index in [0.717, 1.165) is 18.6 Å². The third-order valence-electron chi connectivity index (χ3n) is 3.04. The molecule has 2 rings (SSSR count). The van der Waals surface area contributed by atoms with Gasteiger partial charge in [0, 0.05) is 31.6 Å². The Balaban J connectivity index is 1.82. The molecule has 1 aromatic rings. The average molecular weight is 222 g/mol. The third-order valence-corrected chi connectivity index (χ3v) is 3.04. The Labute approximate surface area is 95.7 Å². The topological polar surface area (TPSA) is 54.4 Å². The SMILES string of the molecule is CC1OCCC1NCC(O)c1ccncc1. The van der Waals surface area contributed by atoms with Crippen LogP contribution in [0.15, 0.2) is 24.5 Å². The maximum Gasteiger partial charge on any atom is 0.0915 e. The highest BCUT2D eigenvalue weighted by Crippen LogP contribution is 2.15. The molecule has 0 saturated carbocycles. The average Bonchev–Trinajstić information content (AvgIpc) is 2.73. The van der Waals surface area contributed by atoms with Gasteiger partial charge in [-0.3, -0.25) is 4.98 Å². The normalized spacial score (nSPS) is 26.9. The number of ether oxygens (including phenoxy) is 1. The number of rotatable bonds is 4. The van der Waals surface area contributed by atoms with Gasteiger partial charge >= 0.3 is 0 Å². The van der Waals surface area contributed by atoms with Crippen LogP contribution in [0.3, 0.4) is 0 Å². The summed E-state index contributed by atoms with van der Waals surface area (Å²) in [6.45, 7) is 3.43. The Morgan fingerprint density at radius 2 is 2.31 bits per heavy atom. The molecule has 1 aliphatic heterocycles. The standard InChI is InChI=1S/C12H18N2O2/c1-9-11(4-7-16-9)14-8-12(15)10-2-5-13-6-3-10/h2-3,5-6,9,11-12,14-15H,4,7-8H2,1H3. The summed E-state index contributed by atoms with van der Waals surface area (Å²) >= 11 is 0.